The van der Waals surface area contributed by atoms with Crippen molar-refractivity contribution in [1.29, 1.82) is 0 Å². The Hall–Kier alpha value is -1.91. The number of amides is 1. The fourth-order valence-electron chi connectivity index (χ4n) is 2.95. The molecule has 1 saturated heterocycles. The van der Waals surface area contributed by atoms with Gasteiger partial charge in [0.2, 0.25) is 0 Å². The van der Waals surface area contributed by atoms with E-state index in [4.69, 9.17) is 11.6 Å². The van der Waals surface area contributed by atoms with Crippen LogP contribution in [0.25, 0.3) is 0 Å². The third-order valence-corrected chi connectivity index (χ3v) is 4.67. The number of hydrogen-bond donors (Lipinski definition) is 1. The molecule has 1 amide bonds. The van der Waals surface area contributed by atoms with Crippen LogP contribution in [0.5, 0.6) is 0 Å². The summed E-state index contributed by atoms with van der Waals surface area (Å²) in [5.74, 6) is -0.0290. The molecule has 2 heterocycles. The number of pyridine rings is 1. The van der Waals surface area contributed by atoms with Crippen molar-refractivity contribution in [3.8, 4) is 0 Å². The summed E-state index contributed by atoms with van der Waals surface area (Å²) < 4.78 is 0. The molecule has 0 spiro atoms. The number of halogens is 1. The van der Waals surface area contributed by atoms with Crippen molar-refractivity contribution in [2.24, 2.45) is 0 Å². The van der Waals surface area contributed by atoms with Gasteiger partial charge in [0.25, 0.3) is 5.91 Å². The van der Waals surface area contributed by atoms with Gasteiger partial charge in [-0.1, -0.05) is 23.7 Å². The van der Waals surface area contributed by atoms with E-state index in [9.17, 15) is 4.79 Å². The number of aromatic nitrogens is 1. The zero-order valence-corrected chi connectivity index (χ0v) is 14.6. The van der Waals surface area contributed by atoms with E-state index in [1.54, 1.807) is 6.20 Å². The molecular weight excluding hydrogens is 322 g/mol. The quantitative estimate of drug-likeness (QED) is 0.925. The Balaban J connectivity index is 1.47. The van der Waals surface area contributed by atoms with E-state index in [-0.39, 0.29) is 11.9 Å². The summed E-state index contributed by atoms with van der Waals surface area (Å²) >= 11 is 5.92. The molecule has 0 unspecified atom stereocenters. The van der Waals surface area contributed by atoms with Crippen LogP contribution in [0.3, 0.4) is 0 Å². The number of aryl methyl sites for hydroxylation is 1. The number of nitrogens with one attached hydrogen (secondary N) is 1. The van der Waals surface area contributed by atoms with E-state index in [2.05, 4.69) is 27.3 Å². The highest BCUT2D eigenvalue weighted by atomic mass is 35.5. The molecule has 0 atom stereocenters. The van der Waals surface area contributed by atoms with Crippen LogP contribution in [0.2, 0.25) is 5.02 Å². The normalized spacial score (nSPS) is 16.1. The lowest BCUT2D eigenvalue weighted by Crippen LogP contribution is -2.44. The van der Waals surface area contributed by atoms with Gasteiger partial charge in [-0.2, -0.15) is 0 Å². The van der Waals surface area contributed by atoms with E-state index in [1.165, 1.54) is 5.56 Å². The van der Waals surface area contributed by atoms with Gasteiger partial charge in [-0.3, -0.25) is 14.7 Å². The number of nitrogens with zero attached hydrogens (tertiary/aromatic N) is 2. The maximum Gasteiger partial charge on any atom is 0.253 e. The van der Waals surface area contributed by atoms with Crippen molar-refractivity contribution in [3.05, 3.63) is 64.4 Å². The van der Waals surface area contributed by atoms with Crippen molar-refractivity contribution in [2.75, 3.05) is 13.1 Å². The maximum absolute atomic E-state index is 12.3. The van der Waals surface area contributed by atoms with Crippen molar-refractivity contribution in [3.63, 3.8) is 0 Å². The highest BCUT2D eigenvalue weighted by Crippen LogP contribution is 2.16. The third-order valence-electron chi connectivity index (χ3n) is 4.42. The summed E-state index contributed by atoms with van der Waals surface area (Å²) in [6.07, 6.45) is 3.58. The Morgan fingerprint density at radius 3 is 2.54 bits per heavy atom. The van der Waals surface area contributed by atoms with Gasteiger partial charge in [-0.15, -0.1) is 0 Å². The lowest BCUT2D eigenvalue weighted by molar-refractivity contribution is 0.0908. The Morgan fingerprint density at radius 2 is 1.92 bits per heavy atom. The number of likely N-dealkylation sites (tertiary alicyclic amines) is 1. The van der Waals surface area contributed by atoms with Gasteiger partial charge in [-0.25, -0.2) is 0 Å². The molecule has 0 saturated carbocycles. The average molecular weight is 344 g/mol. The second kappa shape index (κ2) is 7.77. The SMILES string of the molecule is Cc1ccc(C(=O)NC2CCN(Cc3ccc(Cl)cc3)CC2)cn1. The van der Waals surface area contributed by atoms with Crippen molar-refractivity contribution < 1.29 is 4.79 Å². The molecular formula is C19H22ClN3O. The smallest absolute Gasteiger partial charge is 0.253 e. The van der Waals surface area contributed by atoms with Gasteiger partial charge in [0.05, 0.1) is 5.56 Å². The third kappa shape index (κ3) is 4.56. The molecule has 2 aromatic rings. The van der Waals surface area contributed by atoms with E-state index < -0.39 is 0 Å². The minimum absolute atomic E-state index is 0.0290. The lowest BCUT2D eigenvalue weighted by Gasteiger charge is -2.32. The molecule has 1 aliphatic heterocycles. The molecule has 1 aliphatic rings. The van der Waals surface area contributed by atoms with Gasteiger partial charge in [0.15, 0.2) is 0 Å². The number of hydrogen-bond acceptors (Lipinski definition) is 3. The van der Waals surface area contributed by atoms with Gasteiger partial charge in [0.1, 0.15) is 0 Å². The Kier molecular flexibility index (Phi) is 5.48. The molecule has 1 fully saturated rings. The molecule has 24 heavy (non-hydrogen) atoms. The van der Waals surface area contributed by atoms with E-state index in [0.29, 0.717) is 5.56 Å². The zero-order valence-electron chi connectivity index (χ0n) is 13.8. The van der Waals surface area contributed by atoms with E-state index in [0.717, 1.165) is 43.2 Å². The molecule has 0 bridgehead atoms. The second-order valence-electron chi connectivity index (χ2n) is 6.34. The predicted octanol–water partition coefficient (Wildman–Crippen LogP) is 3.44. The van der Waals surface area contributed by atoms with Crippen LogP contribution in [0.4, 0.5) is 0 Å². The van der Waals surface area contributed by atoms with Gasteiger partial charge < -0.3 is 5.32 Å². The van der Waals surface area contributed by atoms with Crippen molar-refractivity contribution in [2.45, 2.75) is 32.4 Å². The zero-order chi connectivity index (χ0) is 16.9. The summed E-state index contributed by atoms with van der Waals surface area (Å²) in [6, 6.07) is 11.9. The second-order valence-corrected chi connectivity index (χ2v) is 6.78. The number of rotatable bonds is 4. The highest BCUT2D eigenvalue weighted by Gasteiger charge is 2.21. The molecule has 5 heteroatoms. The number of benzene rings is 1. The molecule has 1 aromatic carbocycles. The summed E-state index contributed by atoms with van der Waals surface area (Å²) in [7, 11) is 0. The first-order valence-electron chi connectivity index (χ1n) is 8.30. The monoisotopic (exact) mass is 343 g/mol. The highest BCUT2D eigenvalue weighted by molar-refractivity contribution is 6.30. The summed E-state index contributed by atoms with van der Waals surface area (Å²) in [6.45, 7) is 4.82. The number of carbonyl (C=O) groups is 1. The van der Waals surface area contributed by atoms with Crippen molar-refractivity contribution >= 4 is 17.5 Å². The van der Waals surface area contributed by atoms with Crippen molar-refractivity contribution in [1.82, 2.24) is 15.2 Å². The first-order valence-corrected chi connectivity index (χ1v) is 8.68. The maximum atomic E-state index is 12.3. The summed E-state index contributed by atoms with van der Waals surface area (Å²) in [5, 5.41) is 3.89. The number of carbonyl (C=O) groups excluding carboxylic acids is 1. The van der Waals surface area contributed by atoms with Crippen LogP contribution < -0.4 is 5.32 Å². The first kappa shape index (κ1) is 16.9. The van der Waals surface area contributed by atoms with E-state index in [1.807, 2.05) is 31.2 Å². The topological polar surface area (TPSA) is 45.2 Å². The van der Waals surface area contributed by atoms with Crippen LogP contribution in [0.1, 0.15) is 34.5 Å². The largest absolute Gasteiger partial charge is 0.349 e. The summed E-state index contributed by atoms with van der Waals surface area (Å²) in [4.78, 5) is 18.8. The fourth-order valence-corrected chi connectivity index (χ4v) is 3.08. The molecule has 0 radical (unpaired) electrons. The van der Waals surface area contributed by atoms with Gasteiger partial charge in [-0.05, 0) is 49.6 Å². The Morgan fingerprint density at radius 1 is 1.21 bits per heavy atom. The standard InChI is InChI=1S/C19H22ClN3O/c1-14-2-5-16(12-21-14)19(24)22-18-8-10-23(11-9-18)13-15-3-6-17(20)7-4-15/h2-7,12,18H,8-11,13H2,1H3,(H,22,24). The molecule has 0 aliphatic carbocycles. The predicted molar refractivity (Wildman–Crippen MR) is 96.2 cm³/mol. The van der Waals surface area contributed by atoms with Crippen LogP contribution in [-0.4, -0.2) is 34.9 Å². The van der Waals surface area contributed by atoms with Crippen LogP contribution in [0.15, 0.2) is 42.6 Å². The van der Waals surface area contributed by atoms with Crippen LogP contribution in [0, 0.1) is 6.92 Å². The Bertz CT molecular complexity index is 677. The minimum atomic E-state index is -0.0290. The lowest BCUT2D eigenvalue weighted by atomic mass is 10.0. The van der Waals surface area contributed by atoms with Gasteiger partial charge in [0, 0.05) is 42.6 Å². The average Bonchev–Trinajstić information content (AvgIpc) is 2.59. The Labute approximate surface area is 147 Å². The van der Waals surface area contributed by atoms with Crippen LogP contribution >= 0.6 is 11.6 Å². The first-order chi connectivity index (χ1) is 11.6. The molecule has 1 aromatic heterocycles. The number of piperidine rings is 1. The molecule has 3 rings (SSSR count). The molecule has 126 valence electrons. The molecule has 1 N–H and O–H groups in total. The van der Waals surface area contributed by atoms with E-state index >= 15 is 0 Å². The summed E-state index contributed by atoms with van der Waals surface area (Å²) in [5.41, 5.74) is 2.82. The molecule has 4 nitrogen and oxygen atoms in total. The minimum Gasteiger partial charge on any atom is -0.349 e. The fraction of sp³-hybridized carbons (Fsp3) is 0.368. The van der Waals surface area contributed by atoms with Crippen LogP contribution in [-0.2, 0) is 6.54 Å². The van der Waals surface area contributed by atoms with Gasteiger partial charge >= 0.3 is 0 Å².